The molecule has 0 amide bonds. The van der Waals surface area contributed by atoms with Gasteiger partial charge in [0.15, 0.2) is 5.76 Å². The van der Waals surface area contributed by atoms with Crippen molar-refractivity contribution in [3.8, 4) is 11.3 Å². The van der Waals surface area contributed by atoms with Crippen LogP contribution in [0.15, 0.2) is 34.9 Å². The SMILES string of the molecule is CCc1ccc(-c2cc(CNCC34CC5CC(CC(C5)C3)C4)no2)cc1. The standard InChI is InChI=1S/C23H30N2O/c1-2-16-3-5-20(6-4-16)22-10-21(25-26-22)14-24-15-23-11-17-7-18(12-23)9-19(8-17)13-23/h3-6,10,17-19,24H,2,7-9,11-15H2,1H3. The molecule has 138 valence electrons. The van der Waals surface area contributed by atoms with Crippen molar-refractivity contribution in [3.63, 3.8) is 0 Å². The molecule has 4 fully saturated rings. The maximum atomic E-state index is 5.58. The molecule has 0 unspecified atom stereocenters. The molecule has 0 atom stereocenters. The minimum Gasteiger partial charge on any atom is -0.356 e. The number of hydrogen-bond acceptors (Lipinski definition) is 3. The van der Waals surface area contributed by atoms with Crippen LogP contribution in [0.5, 0.6) is 0 Å². The van der Waals surface area contributed by atoms with Crippen molar-refractivity contribution in [3.05, 3.63) is 41.6 Å². The molecule has 4 aliphatic carbocycles. The Morgan fingerprint density at radius 3 is 2.31 bits per heavy atom. The Labute approximate surface area is 156 Å². The van der Waals surface area contributed by atoms with Crippen molar-refractivity contribution in [1.29, 1.82) is 0 Å². The third kappa shape index (κ3) is 3.11. The second kappa shape index (κ2) is 6.53. The first-order chi connectivity index (χ1) is 12.7. The minimum atomic E-state index is 0.581. The third-order valence-electron chi connectivity index (χ3n) is 7.18. The molecule has 1 aromatic heterocycles. The zero-order valence-electron chi connectivity index (χ0n) is 15.8. The van der Waals surface area contributed by atoms with Crippen molar-refractivity contribution in [2.24, 2.45) is 23.2 Å². The lowest BCUT2D eigenvalue weighted by atomic mass is 9.49. The summed E-state index contributed by atoms with van der Waals surface area (Å²) in [5.74, 6) is 3.94. The van der Waals surface area contributed by atoms with Crippen LogP contribution in [0.2, 0.25) is 0 Å². The van der Waals surface area contributed by atoms with Crippen LogP contribution in [0.3, 0.4) is 0 Å². The Morgan fingerprint density at radius 2 is 1.69 bits per heavy atom. The van der Waals surface area contributed by atoms with Gasteiger partial charge in [0.1, 0.15) is 0 Å². The average Bonchev–Trinajstić information content (AvgIpc) is 3.09. The zero-order chi connectivity index (χ0) is 17.6. The number of benzene rings is 1. The van der Waals surface area contributed by atoms with Crippen LogP contribution < -0.4 is 5.32 Å². The van der Waals surface area contributed by atoms with Gasteiger partial charge in [0.05, 0.1) is 5.69 Å². The molecule has 1 aromatic carbocycles. The molecule has 4 aliphatic rings. The topological polar surface area (TPSA) is 38.1 Å². The van der Waals surface area contributed by atoms with E-state index in [1.54, 1.807) is 0 Å². The van der Waals surface area contributed by atoms with E-state index >= 15 is 0 Å². The van der Waals surface area contributed by atoms with Gasteiger partial charge >= 0.3 is 0 Å². The van der Waals surface area contributed by atoms with Gasteiger partial charge in [-0.15, -0.1) is 0 Å². The highest BCUT2D eigenvalue weighted by molar-refractivity contribution is 5.57. The first-order valence-electron chi connectivity index (χ1n) is 10.5. The number of aryl methyl sites for hydroxylation is 1. The summed E-state index contributed by atoms with van der Waals surface area (Å²) in [7, 11) is 0. The molecular weight excluding hydrogens is 320 g/mol. The van der Waals surface area contributed by atoms with Crippen molar-refractivity contribution in [2.75, 3.05) is 6.54 Å². The molecule has 6 rings (SSSR count). The van der Waals surface area contributed by atoms with Gasteiger partial charge in [-0.2, -0.15) is 0 Å². The molecule has 1 N–H and O–H groups in total. The third-order valence-corrected chi connectivity index (χ3v) is 7.18. The monoisotopic (exact) mass is 350 g/mol. The predicted octanol–water partition coefficient (Wildman–Crippen LogP) is 5.21. The minimum absolute atomic E-state index is 0.581. The first kappa shape index (κ1) is 16.6. The summed E-state index contributed by atoms with van der Waals surface area (Å²) in [6.07, 6.45) is 9.99. The summed E-state index contributed by atoms with van der Waals surface area (Å²) in [4.78, 5) is 0. The van der Waals surface area contributed by atoms with Crippen LogP contribution in [-0.4, -0.2) is 11.7 Å². The van der Waals surface area contributed by atoms with Crippen LogP contribution >= 0.6 is 0 Å². The Bertz CT molecular complexity index is 725. The van der Waals surface area contributed by atoms with Gasteiger partial charge in [-0.25, -0.2) is 0 Å². The summed E-state index contributed by atoms with van der Waals surface area (Å²) in [5, 5.41) is 8.00. The van der Waals surface area contributed by atoms with E-state index < -0.39 is 0 Å². The molecule has 0 spiro atoms. The molecule has 0 radical (unpaired) electrons. The van der Waals surface area contributed by atoms with E-state index in [1.165, 1.54) is 44.1 Å². The lowest BCUT2D eigenvalue weighted by Gasteiger charge is -2.57. The average molecular weight is 351 g/mol. The first-order valence-corrected chi connectivity index (χ1v) is 10.5. The van der Waals surface area contributed by atoms with Crippen LogP contribution in [0.1, 0.15) is 56.7 Å². The number of nitrogens with one attached hydrogen (secondary N) is 1. The van der Waals surface area contributed by atoms with Gasteiger partial charge in [-0.1, -0.05) is 36.3 Å². The van der Waals surface area contributed by atoms with E-state index in [1.807, 2.05) is 0 Å². The van der Waals surface area contributed by atoms with Gasteiger partial charge in [-0.05, 0) is 73.7 Å². The van der Waals surface area contributed by atoms with Crippen molar-refractivity contribution >= 4 is 0 Å². The molecule has 3 nitrogen and oxygen atoms in total. The summed E-state index contributed by atoms with van der Waals surface area (Å²) in [5.41, 5.74) is 4.06. The normalized spacial score (nSPS) is 32.3. The number of rotatable bonds is 6. The summed E-state index contributed by atoms with van der Waals surface area (Å²) < 4.78 is 5.58. The Hall–Kier alpha value is -1.61. The quantitative estimate of drug-likeness (QED) is 0.777. The van der Waals surface area contributed by atoms with Crippen LogP contribution in [0, 0.1) is 23.2 Å². The molecule has 26 heavy (non-hydrogen) atoms. The maximum Gasteiger partial charge on any atom is 0.167 e. The smallest absolute Gasteiger partial charge is 0.167 e. The van der Waals surface area contributed by atoms with E-state index in [2.05, 4.69) is 47.7 Å². The highest BCUT2D eigenvalue weighted by Crippen LogP contribution is 2.59. The highest BCUT2D eigenvalue weighted by Gasteiger charge is 2.50. The van der Waals surface area contributed by atoms with Crippen LogP contribution in [-0.2, 0) is 13.0 Å². The van der Waals surface area contributed by atoms with Crippen molar-refractivity contribution in [2.45, 2.75) is 58.4 Å². The fraction of sp³-hybridized carbons (Fsp3) is 0.609. The van der Waals surface area contributed by atoms with Gasteiger partial charge in [-0.3, -0.25) is 0 Å². The molecule has 2 aromatic rings. The molecule has 0 aliphatic heterocycles. The van der Waals surface area contributed by atoms with Crippen LogP contribution in [0.25, 0.3) is 11.3 Å². The largest absolute Gasteiger partial charge is 0.356 e. The molecule has 0 saturated heterocycles. The lowest BCUT2D eigenvalue weighted by molar-refractivity contribution is -0.0514. The maximum absolute atomic E-state index is 5.58. The van der Waals surface area contributed by atoms with E-state index in [9.17, 15) is 0 Å². The zero-order valence-corrected chi connectivity index (χ0v) is 15.8. The number of hydrogen-bond donors (Lipinski definition) is 1. The Morgan fingerprint density at radius 1 is 1.04 bits per heavy atom. The van der Waals surface area contributed by atoms with Crippen molar-refractivity contribution in [1.82, 2.24) is 10.5 Å². The summed E-state index contributed by atoms with van der Waals surface area (Å²) >= 11 is 0. The molecule has 1 heterocycles. The highest BCUT2D eigenvalue weighted by atomic mass is 16.5. The summed E-state index contributed by atoms with van der Waals surface area (Å²) in [6, 6.07) is 10.7. The van der Waals surface area contributed by atoms with Gasteiger partial charge in [0.25, 0.3) is 0 Å². The molecule has 3 heteroatoms. The Balaban J connectivity index is 1.19. The van der Waals surface area contributed by atoms with E-state index in [0.29, 0.717) is 5.41 Å². The summed E-state index contributed by atoms with van der Waals surface area (Å²) in [6.45, 7) is 4.15. The Kier molecular flexibility index (Phi) is 4.16. The van der Waals surface area contributed by atoms with E-state index in [0.717, 1.165) is 54.3 Å². The molecule has 4 bridgehead atoms. The fourth-order valence-electron chi connectivity index (χ4n) is 6.40. The number of aromatic nitrogens is 1. The van der Waals surface area contributed by atoms with Crippen LogP contribution in [0.4, 0.5) is 0 Å². The second-order valence-electron chi connectivity index (χ2n) is 9.25. The molecule has 4 saturated carbocycles. The van der Waals surface area contributed by atoms with Gasteiger partial charge in [0, 0.05) is 24.7 Å². The number of nitrogens with zero attached hydrogens (tertiary/aromatic N) is 1. The van der Waals surface area contributed by atoms with Crippen molar-refractivity contribution < 1.29 is 4.52 Å². The second-order valence-corrected chi connectivity index (χ2v) is 9.25. The van der Waals surface area contributed by atoms with Gasteiger partial charge in [0.2, 0.25) is 0 Å². The van der Waals surface area contributed by atoms with E-state index in [-0.39, 0.29) is 0 Å². The fourth-order valence-corrected chi connectivity index (χ4v) is 6.40. The van der Waals surface area contributed by atoms with Gasteiger partial charge < -0.3 is 9.84 Å². The van der Waals surface area contributed by atoms with E-state index in [4.69, 9.17) is 4.52 Å². The lowest BCUT2D eigenvalue weighted by Crippen LogP contribution is -2.50. The predicted molar refractivity (Wildman–Crippen MR) is 104 cm³/mol. The molecular formula is C23H30N2O.